The molecule has 0 spiro atoms. The normalized spacial score (nSPS) is 11.7. The maximum absolute atomic E-state index is 10.6. The Morgan fingerprint density at radius 2 is 2.16 bits per heavy atom. The van der Waals surface area contributed by atoms with Crippen molar-refractivity contribution in [3.05, 3.63) is 28.3 Å². The summed E-state index contributed by atoms with van der Waals surface area (Å²) in [5.41, 5.74) is -0.354. The number of hydrogen-bond donors (Lipinski definition) is 3. The lowest BCUT2D eigenvalue weighted by Gasteiger charge is -2.24. The summed E-state index contributed by atoms with van der Waals surface area (Å²) in [6.07, 6.45) is 0. The number of nitro benzene ring substituents is 1. The van der Waals surface area contributed by atoms with Gasteiger partial charge in [0, 0.05) is 12.1 Å². The van der Waals surface area contributed by atoms with Crippen LogP contribution in [0, 0.1) is 10.1 Å². The molecule has 19 heavy (non-hydrogen) atoms. The highest BCUT2D eigenvalue weighted by Gasteiger charge is 2.24. The van der Waals surface area contributed by atoms with Crippen LogP contribution in [0.3, 0.4) is 0 Å². The van der Waals surface area contributed by atoms with Crippen molar-refractivity contribution < 1.29 is 19.6 Å². The lowest BCUT2D eigenvalue weighted by molar-refractivity contribution is -0.384. The third-order valence-corrected chi connectivity index (χ3v) is 2.69. The Hall–Kier alpha value is -2.19. The Bertz CT molecular complexity index is 605. The van der Waals surface area contributed by atoms with E-state index in [1.54, 1.807) is 6.92 Å². The number of aliphatic hydroxyl groups is 2. The number of benzene rings is 1. The zero-order valence-electron chi connectivity index (χ0n) is 10.2. The molecule has 0 saturated heterocycles. The van der Waals surface area contributed by atoms with Crippen molar-refractivity contribution in [1.29, 1.82) is 0 Å². The number of nitrogens with one attached hydrogen (secondary N) is 1. The molecule has 0 radical (unpaired) electrons. The van der Waals surface area contributed by atoms with E-state index in [0.717, 1.165) is 0 Å². The van der Waals surface area contributed by atoms with E-state index in [-0.39, 0.29) is 24.9 Å². The van der Waals surface area contributed by atoms with E-state index >= 15 is 0 Å². The summed E-state index contributed by atoms with van der Waals surface area (Å²) in [6.45, 7) is 0.953. The number of aliphatic hydroxyl groups excluding tert-OH is 2. The Morgan fingerprint density at radius 3 is 2.74 bits per heavy atom. The number of anilines is 1. The smallest absolute Gasteiger partial charge is 0.296 e. The summed E-state index contributed by atoms with van der Waals surface area (Å²) in [4.78, 5) is 14.1. The molecule has 2 rings (SSSR count). The summed E-state index contributed by atoms with van der Waals surface area (Å²) in [5.74, 6) is 0. The van der Waals surface area contributed by atoms with Crippen molar-refractivity contribution in [3.8, 4) is 0 Å². The highest BCUT2D eigenvalue weighted by molar-refractivity contribution is 5.77. The molecule has 1 aromatic heterocycles. The first-order valence-electron chi connectivity index (χ1n) is 5.52. The molecule has 0 saturated carbocycles. The van der Waals surface area contributed by atoms with Gasteiger partial charge in [0.15, 0.2) is 5.58 Å². The minimum atomic E-state index is -0.979. The van der Waals surface area contributed by atoms with Crippen molar-refractivity contribution in [2.24, 2.45) is 0 Å². The van der Waals surface area contributed by atoms with Gasteiger partial charge in [0.05, 0.1) is 23.7 Å². The summed E-state index contributed by atoms with van der Waals surface area (Å²) in [6, 6.07) is 4.13. The van der Waals surface area contributed by atoms with E-state index in [0.29, 0.717) is 11.1 Å². The molecular formula is C11H13N3O5. The van der Waals surface area contributed by atoms with Crippen LogP contribution in [0.2, 0.25) is 0 Å². The van der Waals surface area contributed by atoms with Gasteiger partial charge in [-0.3, -0.25) is 10.1 Å². The van der Waals surface area contributed by atoms with E-state index in [2.05, 4.69) is 10.3 Å². The third-order valence-electron chi connectivity index (χ3n) is 2.69. The fourth-order valence-corrected chi connectivity index (χ4v) is 1.47. The zero-order chi connectivity index (χ0) is 14.0. The predicted octanol–water partition coefficient (Wildman–Crippen LogP) is 0.891. The number of hydrogen-bond acceptors (Lipinski definition) is 7. The first kappa shape index (κ1) is 13.2. The average Bonchev–Trinajstić information content (AvgIpc) is 2.79. The van der Waals surface area contributed by atoms with Gasteiger partial charge in [-0.1, -0.05) is 0 Å². The number of rotatable bonds is 5. The van der Waals surface area contributed by atoms with Gasteiger partial charge in [-0.05, 0) is 13.0 Å². The van der Waals surface area contributed by atoms with Crippen LogP contribution in [0.1, 0.15) is 6.92 Å². The van der Waals surface area contributed by atoms with E-state index in [4.69, 9.17) is 14.6 Å². The lowest BCUT2D eigenvalue weighted by Crippen LogP contribution is -2.42. The molecule has 3 N–H and O–H groups in total. The molecule has 8 nitrogen and oxygen atoms in total. The SMILES string of the molecule is CC(CO)(CO)Nc1nc2cc([N+](=O)[O-])ccc2o1. The van der Waals surface area contributed by atoms with Gasteiger partial charge >= 0.3 is 0 Å². The second kappa shape index (κ2) is 4.82. The molecule has 0 bridgehead atoms. The summed E-state index contributed by atoms with van der Waals surface area (Å²) < 4.78 is 5.34. The summed E-state index contributed by atoms with van der Waals surface area (Å²) in [7, 11) is 0. The average molecular weight is 267 g/mol. The van der Waals surface area contributed by atoms with Crippen LogP contribution in [0.15, 0.2) is 22.6 Å². The lowest BCUT2D eigenvalue weighted by atomic mass is 10.1. The highest BCUT2D eigenvalue weighted by Crippen LogP contribution is 2.24. The van der Waals surface area contributed by atoms with E-state index in [1.807, 2.05) is 0 Å². The number of oxazole rings is 1. The van der Waals surface area contributed by atoms with Crippen molar-refractivity contribution in [1.82, 2.24) is 4.98 Å². The maximum atomic E-state index is 10.6. The first-order valence-corrected chi connectivity index (χ1v) is 5.52. The fraction of sp³-hybridized carbons (Fsp3) is 0.364. The van der Waals surface area contributed by atoms with Crippen molar-refractivity contribution in [2.75, 3.05) is 18.5 Å². The predicted molar refractivity (Wildman–Crippen MR) is 66.9 cm³/mol. The van der Waals surface area contributed by atoms with E-state index < -0.39 is 10.5 Å². The quantitative estimate of drug-likeness (QED) is 0.543. The number of fused-ring (bicyclic) bond motifs is 1. The third kappa shape index (κ3) is 2.64. The first-order chi connectivity index (χ1) is 8.97. The van der Waals surface area contributed by atoms with Crippen molar-refractivity contribution in [2.45, 2.75) is 12.5 Å². The molecule has 0 amide bonds. The molecular weight excluding hydrogens is 254 g/mol. The molecule has 0 unspecified atom stereocenters. The van der Waals surface area contributed by atoms with Gasteiger partial charge in [0.25, 0.3) is 11.7 Å². The van der Waals surface area contributed by atoms with Gasteiger partial charge in [0.2, 0.25) is 0 Å². The zero-order valence-corrected chi connectivity index (χ0v) is 10.2. The second-order valence-electron chi connectivity index (χ2n) is 4.43. The molecule has 8 heteroatoms. The van der Waals surface area contributed by atoms with Crippen LogP contribution in [-0.4, -0.2) is 38.9 Å². The fourth-order valence-electron chi connectivity index (χ4n) is 1.47. The van der Waals surface area contributed by atoms with Gasteiger partial charge in [-0.2, -0.15) is 4.98 Å². The molecule has 0 aliphatic heterocycles. The molecule has 2 aromatic rings. The monoisotopic (exact) mass is 267 g/mol. The van der Waals surface area contributed by atoms with Crippen LogP contribution in [0.4, 0.5) is 11.7 Å². The Balaban J connectivity index is 2.34. The maximum Gasteiger partial charge on any atom is 0.296 e. The molecule has 1 aromatic carbocycles. The van der Waals surface area contributed by atoms with Crippen molar-refractivity contribution >= 4 is 22.8 Å². The van der Waals surface area contributed by atoms with Gasteiger partial charge in [-0.15, -0.1) is 0 Å². The van der Waals surface area contributed by atoms with E-state index in [1.165, 1.54) is 18.2 Å². The Kier molecular flexibility index (Phi) is 3.36. The Morgan fingerprint density at radius 1 is 1.47 bits per heavy atom. The topological polar surface area (TPSA) is 122 Å². The minimum Gasteiger partial charge on any atom is -0.424 e. The van der Waals surface area contributed by atoms with Crippen LogP contribution in [0.25, 0.3) is 11.1 Å². The molecule has 0 fully saturated rings. The summed E-state index contributed by atoms with van der Waals surface area (Å²) >= 11 is 0. The molecule has 0 aliphatic rings. The minimum absolute atomic E-state index is 0.0839. The van der Waals surface area contributed by atoms with Crippen LogP contribution < -0.4 is 5.32 Å². The summed E-state index contributed by atoms with van der Waals surface area (Å²) in [5, 5.41) is 31.7. The number of nitro groups is 1. The Labute approximate surface area is 107 Å². The largest absolute Gasteiger partial charge is 0.424 e. The standard InChI is InChI=1S/C11H13N3O5/c1-11(5-15,6-16)13-10-12-8-4-7(14(17)18)2-3-9(8)19-10/h2-4,15-16H,5-6H2,1H3,(H,12,13). The molecule has 0 aliphatic carbocycles. The van der Waals surface area contributed by atoms with Gasteiger partial charge < -0.3 is 19.9 Å². The van der Waals surface area contributed by atoms with Gasteiger partial charge in [-0.25, -0.2) is 0 Å². The van der Waals surface area contributed by atoms with Crippen LogP contribution in [0.5, 0.6) is 0 Å². The second-order valence-corrected chi connectivity index (χ2v) is 4.43. The number of aromatic nitrogens is 1. The highest BCUT2D eigenvalue weighted by atomic mass is 16.6. The molecule has 102 valence electrons. The van der Waals surface area contributed by atoms with E-state index in [9.17, 15) is 10.1 Å². The molecule has 1 heterocycles. The van der Waals surface area contributed by atoms with Crippen LogP contribution >= 0.6 is 0 Å². The molecule has 0 atom stereocenters. The van der Waals surface area contributed by atoms with Crippen LogP contribution in [-0.2, 0) is 0 Å². The number of nitrogens with zero attached hydrogens (tertiary/aromatic N) is 2. The van der Waals surface area contributed by atoms with Crippen molar-refractivity contribution in [3.63, 3.8) is 0 Å². The number of non-ortho nitro benzene ring substituents is 1. The van der Waals surface area contributed by atoms with Gasteiger partial charge in [0.1, 0.15) is 5.52 Å².